The number of amides is 1. The van der Waals surface area contributed by atoms with Crippen LogP contribution in [0.4, 0.5) is 18.9 Å². The fourth-order valence-corrected chi connectivity index (χ4v) is 2.42. The van der Waals surface area contributed by atoms with Crippen LogP contribution in [0, 0.1) is 0 Å². The van der Waals surface area contributed by atoms with Gasteiger partial charge in [-0.1, -0.05) is 24.3 Å². The van der Waals surface area contributed by atoms with Crippen molar-refractivity contribution in [3.8, 4) is 5.75 Å². The Hall–Kier alpha value is -3.23. The van der Waals surface area contributed by atoms with Crippen LogP contribution in [0.25, 0.3) is 0 Å². The Bertz CT molecular complexity index is 836. The normalized spacial score (nSPS) is 11.7. The van der Waals surface area contributed by atoms with Crippen molar-refractivity contribution < 1.29 is 22.7 Å². The second-order valence-corrected chi connectivity index (χ2v) is 6.21. The van der Waals surface area contributed by atoms with Gasteiger partial charge in [0.05, 0.1) is 0 Å². The minimum atomic E-state index is -4.36. The van der Waals surface area contributed by atoms with Crippen molar-refractivity contribution >= 4 is 17.6 Å². The number of benzene rings is 2. The number of rotatable bonds is 7. The highest BCUT2D eigenvalue weighted by Gasteiger charge is 2.28. The van der Waals surface area contributed by atoms with Crippen molar-refractivity contribution in [2.45, 2.75) is 26.2 Å². The van der Waals surface area contributed by atoms with Gasteiger partial charge in [-0.2, -0.15) is 13.2 Å². The number of alkyl halides is 3. The Kier molecular flexibility index (Phi) is 7.88. The van der Waals surface area contributed by atoms with Crippen molar-refractivity contribution in [2.24, 2.45) is 4.99 Å². The summed E-state index contributed by atoms with van der Waals surface area (Å²) in [5, 5.41) is 9.02. The van der Waals surface area contributed by atoms with Gasteiger partial charge in [-0.05, 0) is 35.4 Å². The van der Waals surface area contributed by atoms with E-state index in [0.717, 1.165) is 11.1 Å². The lowest BCUT2D eigenvalue weighted by atomic mass is 10.2. The molecular weight excluding hydrogens is 385 g/mol. The van der Waals surface area contributed by atoms with E-state index < -0.39 is 12.8 Å². The molecule has 156 valence electrons. The average molecular weight is 408 g/mol. The third-order valence-corrected chi connectivity index (χ3v) is 3.72. The first-order valence-electron chi connectivity index (χ1n) is 8.85. The minimum absolute atomic E-state index is 0.137. The lowest BCUT2D eigenvalue weighted by Gasteiger charge is -2.13. The number of halogens is 3. The maximum absolute atomic E-state index is 12.2. The van der Waals surface area contributed by atoms with E-state index in [2.05, 4.69) is 25.7 Å². The molecule has 29 heavy (non-hydrogen) atoms. The van der Waals surface area contributed by atoms with Crippen molar-refractivity contribution in [3.05, 3.63) is 59.7 Å². The fraction of sp³-hybridized carbons (Fsp3) is 0.300. The van der Waals surface area contributed by atoms with Gasteiger partial charge in [-0.15, -0.1) is 0 Å². The smallest absolute Gasteiger partial charge is 0.422 e. The number of aliphatic imine (C=N–C) groups is 1. The number of carbonyl (C=O) groups is 1. The van der Waals surface area contributed by atoms with Crippen LogP contribution in [0.15, 0.2) is 53.5 Å². The van der Waals surface area contributed by atoms with Gasteiger partial charge in [-0.25, -0.2) is 0 Å². The van der Waals surface area contributed by atoms with E-state index in [9.17, 15) is 18.0 Å². The molecule has 0 spiro atoms. The van der Waals surface area contributed by atoms with Gasteiger partial charge in [0.25, 0.3) is 0 Å². The standard InChI is InChI=1S/C20H23F3N4O2/c1-14(28)27-17-5-3-4-16(10-17)12-26-19(24-2)25-11-15-6-8-18(9-7-15)29-13-20(21,22)23/h3-10H,11-13H2,1-2H3,(H,27,28)(H2,24,25,26). The van der Waals surface area contributed by atoms with Gasteiger partial charge in [0.1, 0.15) is 5.75 Å². The monoisotopic (exact) mass is 408 g/mol. The molecule has 0 unspecified atom stereocenters. The van der Waals surface area contributed by atoms with Crippen LogP contribution >= 0.6 is 0 Å². The summed E-state index contributed by atoms with van der Waals surface area (Å²) in [6, 6.07) is 13.8. The topological polar surface area (TPSA) is 74.8 Å². The van der Waals surface area contributed by atoms with Crippen molar-refractivity contribution in [1.82, 2.24) is 10.6 Å². The van der Waals surface area contributed by atoms with Crippen LogP contribution in [0.5, 0.6) is 5.75 Å². The Morgan fingerprint density at radius 3 is 2.28 bits per heavy atom. The zero-order valence-corrected chi connectivity index (χ0v) is 16.1. The molecule has 0 aromatic heterocycles. The van der Waals surface area contributed by atoms with Crippen LogP contribution in [-0.2, 0) is 17.9 Å². The number of hydrogen-bond acceptors (Lipinski definition) is 3. The molecule has 6 nitrogen and oxygen atoms in total. The highest BCUT2D eigenvalue weighted by atomic mass is 19.4. The third-order valence-electron chi connectivity index (χ3n) is 3.72. The van der Waals surface area contributed by atoms with E-state index in [4.69, 9.17) is 0 Å². The number of carbonyl (C=O) groups excluding carboxylic acids is 1. The number of anilines is 1. The molecule has 0 fully saturated rings. The number of guanidine groups is 1. The molecule has 2 aromatic rings. The van der Waals surface area contributed by atoms with Gasteiger partial charge < -0.3 is 20.7 Å². The molecule has 0 atom stereocenters. The summed E-state index contributed by atoms with van der Waals surface area (Å²) in [5.41, 5.74) is 2.54. The minimum Gasteiger partial charge on any atom is -0.484 e. The Balaban J connectivity index is 1.82. The SMILES string of the molecule is CN=C(NCc1ccc(OCC(F)(F)F)cc1)NCc1cccc(NC(C)=O)c1. The van der Waals surface area contributed by atoms with Gasteiger partial charge in [0.15, 0.2) is 12.6 Å². The molecule has 0 aliphatic carbocycles. The van der Waals surface area contributed by atoms with Crippen LogP contribution in [0.2, 0.25) is 0 Å². The van der Waals surface area contributed by atoms with E-state index >= 15 is 0 Å². The third kappa shape index (κ3) is 8.54. The van der Waals surface area contributed by atoms with E-state index in [1.54, 1.807) is 25.2 Å². The molecule has 0 bridgehead atoms. The summed E-state index contributed by atoms with van der Waals surface area (Å²) in [7, 11) is 1.64. The second-order valence-electron chi connectivity index (χ2n) is 6.21. The average Bonchev–Trinajstić information content (AvgIpc) is 2.66. The zero-order valence-electron chi connectivity index (χ0n) is 16.1. The molecule has 3 N–H and O–H groups in total. The number of nitrogens with zero attached hydrogens (tertiary/aromatic N) is 1. The second kappa shape index (κ2) is 10.4. The molecule has 9 heteroatoms. The quantitative estimate of drug-likeness (QED) is 0.485. The first kappa shape index (κ1) is 22.1. The summed E-state index contributed by atoms with van der Waals surface area (Å²) in [4.78, 5) is 15.3. The van der Waals surface area contributed by atoms with Gasteiger partial charge >= 0.3 is 6.18 Å². The van der Waals surface area contributed by atoms with Crippen molar-refractivity contribution in [3.63, 3.8) is 0 Å². The Morgan fingerprint density at radius 2 is 1.69 bits per heavy atom. The first-order chi connectivity index (χ1) is 13.7. The van der Waals surface area contributed by atoms with E-state index in [0.29, 0.717) is 24.7 Å². The summed E-state index contributed by atoms with van der Waals surface area (Å²) >= 11 is 0. The molecular formula is C20H23F3N4O2. The summed E-state index contributed by atoms with van der Waals surface area (Å²) in [6.07, 6.45) is -4.36. The number of ether oxygens (including phenoxy) is 1. The van der Waals surface area contributed by atoms with Crippen LogP contribution in [0.1, 0.15) is 18.1 Å². The largest absolute Gasteiger partial charge is 0.484 e. The molecule has 2 rings (SSSR count). The van der Waals surface area contributed by atoms with Crippen LogP contribution in [-0.4, -0.2) is 31.7 Å². The summed E-state index contributed by atoms with van der Waals surface area (Å²) in [6.45, 7) is 1.07. The van der Waals surface area contributed by atoms with Gasteiger partial charge in [0.2, 0.25) is 5.91 Å². The molecule has 0 radical (unpaired) electrons. The number of hydrogen-bond donors (Lipinski definition) is 3. The van der Waals surface area contributed by atoms with E-state index in [-0.39, 0.29) is 11.7 Å². The summed E-state index contributed by atoms with van der Waals surface area (Å²) < 4.78 is 41.2. The lowest BCUT2D eigenvalue weighted by Crippen LogP contribution is -2.36. The van der Waals surface area contributed by atoms with E-state index in [1.807, 2.05) is 18.2 Å². The zero-order chi connectivity index (χ0) is 21.3. The molecule has 0 heterocycles. The molecule has 1 amide bonds. The van der Waals surface area contributed by atoms with Gasteiger partial charge in [0, 0.05) is 32.7 Å². The molecule has 0 saturated carbocycles. The van der Waals surface area contributed by atoms with Crippen molar-refractivity contribution in [1.29, 1.82) is 0 Å². The predicted molar refractivity (Wildman–Crippen MR) is 106 cm³/mol. The van der Waals surface area contributed by atoms with Crippen LogP contribution < -0.4 is 20.7 Å². The molecule has 0 aliphatic heterocycles. The maximum Gasteiger partial charge on any atom is 0.422 e. The van der Waals surface area contributed by atoms with E-state index in [1.165, 1.54) is 19.1 Å². The molecule has 0 saturated heterocycles. The summed E-state index contributed by atoms with van der Waals surface area (Å²) in [5.74, 6) is 0.586. The Labute approximate surface area is 167 Å². The van der Waals surface area contributed by atoms with Crippen molar-refractivity contribution in [2.75, 3.05) is 19.0 Å². The lowest BCUT2D eigenvalue weighted by molar-refractivity contribution is -0.153. The van der Waals surface area contributed by atoms with Crippen LogP contribution in [0.3, 0.4) is 0 Å². The first-order valence-corrected chi connectivity index (χ1v) is 8.85. The van der Waals surface area contributed by atoms with Gasteiger partial charge in [-0.3, -0.25) is 9.79 Å². The molecule has 2 aromatic carbocycles. The highest BCUT2D eigenvalue weighted by molar-refractivity contribution is 5.88. The highest BCUT2D eigenvalue weighted by Crippen LogP contribution is 2.18. The Morgan fingerprint density at radius 1 is 1.03 bits per heavy atom. The molecule has 0 aliphatic rings. The predicted octanol–water partition coefficient (Wildman–Crippen LogP) is 3.45. The fourth-order valence-electron chi connectivity index (χ4n) is 2.42. The number of nitrogens with one attached hydrogen (secondary N) is 3. The maximum atomic E-state index is 12.2.